The molecule has 0 saturated carbocycles. The lowest BCUT2D eigenvalue weighted by Gasteiger charge is -2.10. The van der Waals surface area contributed by atoms with Gasteiger partial charge in [-0.05, 0) is 35.2 Å². The van der Waals surface area contributed by atoms with Gasteiger partial charge in [0.2, 0.25) is 5.76 Å². The topological polar surface area (TPSA) is 39.4 Å². The normalized spacial score (nSPS) is 12.5. The summed E-state index contributed by atoms with van der Waals surface area (Å²) < 4.78 is 10.7. The highest BCUT2D eigenvalue weighted by atomic mass is 79.9. The summed E-state index contributed by atoms with van der Waals surface area (Å²) in [7, 11) is 0. The zero-order valence-electron chi connectivity index (χ0n) is 7.95. The van der Waals surface area contributed by atoms with E-state index in [1.807, 2.05) is 13.2 Å². The predicted molar refractivity (Wildman–Crippen MR) is 59.7 cm³/mol. The van der Waals surface area contributed by atoms with Gasteiger partial charge in [-0.3, -0.25) is 0 Å². The third-order valence-electron chi connectivity index (χ3n) is 1.51. The van der Waals surface area contributed by atoms with Crippen molar-refractivity contribution in [3.05, 3.63) is 22.6 Å². The summed E-state index contributed by atoms with van der Waals surface area (Å²) in [6, 6.07) is 1.66. The van der Waals surface area contributed by atoms with E-state index in [0.29, 0.717) is 4.47 Å². The van der Waals surface area contributed by atoms with Gasteiger partial charge in [0.05, 0.1) is 10.7 Å². The SMILES string of the molecule is CSC[C@H](C)OC(=O)c1occc1Br. The molecule has 1 rings (SSSR count). The van der Waals surface area contributed by atoms with E-state index >= 15 is 0 Å². The molecule has 1 heterocycles. The summed E-state index contributed by atoms with van der Waals surface area (Å²) >= 11 is 4.83. The van der Waals surface area contributed by atoms with E-state index in [1.54, 1.807) is 17.8 Å². The third-order valence-corrected chi connectivity index (χ3v) is 2.94. The van der Waals surface area contributed by atoms with Crippen molar-refractivity contribution < 1.29 is 13.9 Å². The molecule has 0 bridgehead atoms. The maximum atomic E-state index is 11.5. The van der Waals surface area contributed by atoms with Crippen LogP contribution < -0.4 is 0 Å². The van der Waals surface area contributed by atoms with Crippen molar-refractivity contribution in [3.8, 4) is 0 Å². The third kappa shape index (κ3) is 3.06. The van der Waals surface area contributed by atoms with E-state index in [9.17, 15) is 4.79 Å². The van der Waals surface area contributed by atoms with E-state index in [4.69, 9.17) is 9.15 Å². The van der Waals surface area contributed by atoms with Crippen LogP contribution in [-0.4, -0.2) is 24.1 Å². The van der Waals surface area contributed by atoms with Crippen LogP contribution in [0.1, 0.15) is 17.5 Å². The lowest BCUT2D eigenvalue weighted by atomic mass is 10.4. The van der Waals surface area contributed by atoms with Gasteiger partial charge in [0.25, 0.3) is 0 Å². The van der Waals surface area contributed by atoms with Crippen LogP contribution in [0.5, 0.6) is 0 Å². The first-order chi connectivity index (χ1) is 6.65. The van der Waals surface area contributed by atoms with Crippen molar-refractivity contribution in [1.82, 2.24) is 0 Å². The molecule has 0 aliphatic heterocycles. The van der Waals surface area contributed by atoms with Crippen molar-refractivity contribution in [2.75, 3.05) is 12.0 Å². The second-order valence-corrected chi connectivity index (χ2v) is 4.53. The van der Waals surface area contributed by atoms with E-state index < -0.39 is 5.97 Å². The molecule has 1 atom stereocenters. The van der Waals surface area contributed by atoms with Gasteiger partial charge in [-0.15, -0.1) is 0 Å². The highest BCUT2D eigenvalue weighted by molar-refractivity contribution is 9.10. The van der Waals surface area contributed by atoms with Crippen LogP contribution in [0.15, 0.2) is 21.2 Å². The van der Waals surface area contributed by atoms with Crippen LogP contribution in [0.25, 0.3) is 0 Å². The molecule has 0 aromatic carbocycles. The smallest absolute Gasteiger partial charge is 0.375 e. The molecule has 14 heavy (non-hydrogen) atoms. The molecule has 0 fully saturated rings. The highest BCUT2D eigenvalue weighted by Gasteiger charge is 2.17. The molecule has 0 N–H and O–H groups in total. The highest BCUT2D eigenvalue weighted by Crippen LogP contribution is 2.19. The molecule has 0 aliphatic carbocycles. The summed E-state index contributed by atoms with van der Waals surface area (Å²) in [5.74, 6) is 0.575. The van der Waals surface area contributed by atoms with Gasteiger partial charge in [0, 0.05) is 5.75 Å². The molecule has 0 amide bonds. The molecule has 1 aromatic heterocycles. The van der Waals surface area contributed by atoms with Gasteiger partial charge < -0.3 is 9.15 Å². The summed E-state index contributed by atoms with van der Waals surface area (Å²) in [6.07, 6.45) is 3.31. The number of hydrogen-bond donors (Lipinski definition) is 0. The standard InChI is InChI=1S/C9H11BrO3S/c1-6(5-14-2)13-9(11)8-7(10)3-4-12-8/h3-4,6H,5H2,1-2H3/t6-/m0/s1. The molecule has 0 radical (unpaired) electrons. The Morgan fingerprint density at radius 2 is 2.50 bits per heavy atom. The first-order valence-electron chi connectivity index (χ1n) is 4.08. The fourth-order valence-electron chi connectivity index (χ4n) is 0.944. The maximum absolute atomic E-state index is 11.5. The zero-order chi connectivity index (χ0) is 10.6. The van der Waals surface area contributed by atoms with Crippen molar-refractivity contribution >= 4 is 33.7 Å². The Morgan fingerprint density at radius 1 is 1.79 bits per heavy atom. The number of rotatable bonds is 4. The number of thioether (sulfide) groups is 1. The number of hydrogen-bond acceptors (Lipinski definition) is 4. The molecule has 5 heteroatoms. The van der Waals surface area contributed by atoms with E-state index in [2.05, 4.69) is 15.9 Å². The average Bonchev–Trinajstić information content (AvgIpc) is 2.51. The largest absolute Gasteiger partial charge is 0.456 e. The van der Waals surface area contributed by atoms with Gasteiger partial charge in [-0.25, -0.2) is 4.79 Å². The Morgan fingerprint density at radius 3 is 3.00 bits per heavy atom. The van der Waals surface area contributed by atoms with Crippen LogP contribution in [0, 0.1) is 0 Å². The van der Waals surface area contributed by atoms with Crippen LogP contribution in [0.4, 0.5) is 0 Å². The summed E-state index contributed by atoms with van der Waals surface area (Å²) in [5.41, 5.74) is 0. The number of halogens is 1. The van der Waals surface area contributed by atoms with Crippen LogP contribution >= 0.6 is 27.7 Å². The van der Waals surface area contributed by atoms with Crippen LogP contribution in [0.3, 0.4) is 0 Å². The van der Waals surface area contributed by atoms with E-state index in [1.165, 1.54) is 6.26 Å². The van der Waals surface area contributed by atoms with Gasteiger partial charge >= 0.3 is 5.97 Å². The molecule has 0 aliphatic rings. The Kier molecular flexibility index (Phi) is 4.54. The summed E-state index contributed by atoms with van der Waals surface area (Å²) in [4.78, 5) is 11.5. The van der Waals surface area contributed by atoms with Gasteiger partial charge in [-0.1, -0.05) is 0 Å². The average molecular weight is 279 g/mol. The number of carbonyl (C=O) groups is 1. The minimum Gasteiger partial charge on any atom is -0.456 e. The van der Waals surface area contributed by atoms with Gasteiger partial charge in [0.1, 0.15) is 6.10 Å². The second-order valence-electron chi connectivity index (χ2n) is 2.77. The predicted octanol–water partition coefficient (Wildman–Crippen LogP) is 2.95. The second kappa shape index (κ2) is 5.46. The quantitative estimate of drug-likeness (QED) is 0.794. The lowest BCUT2D eigenvalue weighted by molar-refractivity contribution is 0.0348. The number of furan rings is 1. The molecule has 78 valence electrons. The first-order valence-corrected chi connectivity index (χ1v) is 6.26. The Labute approximate surface area is 95.3 Å². The van der Waals surface area contributed by atoms with Crippen molar-refractivity contribution in [3.63, 3.8) is 0 Å². The molecular formula is C9H11BrO3S. The minimum atomic E-state index is -0.427. The molecular weight excluding hydrogens is 268 g/mol. The first kappa shape index (κ1) is 11.7. The molecule has 0 spiro atoms. The van der Waals surface area contributed by atoms with Gasteiger partial charge in [-0.2, -0.15) is 11.8 Å². The fraction of sp³-hybridized carbons (Fsp3) is 0.444. The van der Waals surface area contributed by atoms with Crippen molar-refractivity contribution in [2.24, 2.45) is 0 Å². The monoisotopic (exact) mass is 278 g/mol. The molecule has 1 aromatic rings. The van der Waals surface area contributed by atoms with Gasteiger partial charge in [0.15, 0.2) is 0 Å². The van der Waals surface area contributed by atoms with Crippen LogP contribution in [-0.2, 0) is 4.74 Å². The van der Waals surface area contributed by atoms with Crippen molar-refractivity contribution in [2.45, 2.75) is 13.0 Å². The Hall–Kier alpha value is -0.420. The van der Waals surface area contributed by atoms with E-state index in [0.717, 1.165) is 5.75 Å². The summed E-state index contributed by atoms with van der Waals surface area (Å²) in [5, 5.41) is 0. The number of carbonyl (C=O) groups excluding carboxylic acids is 1. The molecule has 3 nitrogen and oxygen atoms in total. The maximum Gasteiger partial charge on any atom is 0.375 e. The fourth-order valence-corrected chi connectivity index (χ4v) is 1.85. The lowest BCUT2D eigenvalue weighted by Crippen LogP contribution is -2.16. The zero-order valence-corrected chi connectivity index (χ0v) is 10.4. The minimum absolute atomic E-state index is 0.102. The number of ether oxygens (including phenoxy) is 1. The molecule has 0 unspecified atom stereocenters. The summed E-state index contributed by atoms with van der Waals surface area (Å²) in [6.45, 7) is 1.85. The van der Waals surface area contributed by atoms with Crippen molar-refractivity contribution in [1.29, 1.82) is 0 Å². The van der Waals surface area contributed by atoms with E-state index in [-0.39, 0.29) is 11.9 Å². The number of esters is 1. The molecule has 0 saturated heterocycles. The Balaban J connectivity index is 2.55. The van der Waals surface area contributed by atoms with Crippen LogP contribution in [0.2, 0.25) is 0 Å². The Bertz CT molecular complexity index is 311.